The Morgan fingerprint density at radius 2 is 1.62 bits per heavy atom. The Labute approximate surface area is 174 Å². The third kappa shape index (κ3) is 8.13. The van der Waals surface area contributed by atoms with Crippen molar-refractivity contribution in [1.82, 2.24) is 10.6 Å². The molecular formula is C23H33N3O3. The van der Waals surface area contributed by atoms with E-state index in [0.29, 0.717) is 32.9 Å². The van der Waals surface area contributed by atoms with Crippen LogP contribution in [0.15, 0.2) is 47.5 Å². The second-order valence-corrected chi connectivity index (χ2v) is 6.83. The van der Waals surface area contributed by atoms with Crippen LogP contribution in [0.4, 0.5) is 0 Å². The van der Waals surface area contributed by atoms with E-state index >= 15 is 0 Å². The summed E-state index contributed by atoms with van der Waals surface area (Å²) in [5, 5.41) is 6.71. The van der Waals surface area contributed by atoms with Crippen molar-refractivity contribution in [2.75, 3.05) is 34.5 Å². The molecule has 2 N–H and O–H groups in total. The number of rotatable bonds is 11. The fraction of sp³-hybridized carbons (Fsp3) is 0.435. The number of aryl methyl sites for hydroxylation is 1. The molecule has 2 rings (SSSR count). The van der Waals surface area contributed by atoms with Crippen LogP contribution in [0.2, 0.25) is 0 Å². The molecule has 0 amide bonds. The summed E-state index contributed by atoms with van der Waals surface area (Å²) < 4.78 is 16.2. The van der Waals surface area contributed by atoms with E-state index in [1.165, 1.54) is 11.1 Å². The van der Waals surface area contributed by atoms with E-state index in [-0.39, 0.29) is 0 Å². The van der Waals surface area contributed by atoms with Crippen LogP contribution in [-0.4, -0.2) is 40.4 Å². The van der Waals surface area contributed by atoms with E-state index in [4.69, 9.17) is 14.2 Å². The fourth-order valence-corrected chi connectivity index (χ4v) is 2.83. The lowest BCUT2D eigenvalue weighted by Crippen LogP contribution is -2.36. The van der Waals surface area contributed by atoms with Crippen molar-refractivity contribution in [3.05, 3.63) is 64.7 Å². The third-order valence-corrected chi connectivity index (χ3v) is 4.44. The normalized spacial score (nSPS) is 11.4. The molecule has 0 aliphatic rings. The average Bonchev–Trinajstić information content (AvgIpc) is 2.74. The summed E-state index contributed by atoms with van der Waals surface area (Å²) in [6.45, 7) is 5.35. The maximum Gasteiger partial charge on any atom is 0.191 e. The van der Waals surface area contributed by atoms with Crippen LogP contribution in [-0.2, 0) is 29.2 Å². The largest absolute Gasteiger partial charge is 0.493 e. The predicted molar refractivity (Wildman–Crippen MR) is 117 cm³/mol. The molecule has 29 heavy (non-hydrogen) atoms. The molecule has 0 heterocycles. The maximum atomic E-state index is 5.96. The number of hydrogen-bond donors (Lipinski definition) is 2. The first-order valence-corrected chi connectivity index (χ1v) is 9.88. The minimum absolute atomic E-state index is 0.628. The van der Waals surface area contributed by atoms with Crippen molar-refractivity contribution in [1.29, 1.82) is 0 Å². The van der Waals surface area contributed by atoms with Crippen molar-refractivity contribution < 1.29 is 14.2 Å². The van der Waals surface area contributed by atoms with Gasteiger partial charge >= 0.3 is 0 Å². The van der Waals surface area contributed by atoms with E-state index < -0.39 is 0 Å². The van der Waals surface area contributed by atoms with Gasteiger partial charge in [0.1, 0.15) is 5.75 Å². The third-order valence-electron chi connectivity index (χ3n) is 4.44. The van der Waals surface area contributed by atoms with Crippen LogP contribution < -0.4 is 15.4 Å². The predicted octanol–water partition coefficient (Wildman–Crippen LogP) is 3.42. The second kappa shape index (κ2) is 12.8. The monoisotopic (exact) mass is 399 g/mol. The number of methoxy groups -OCH3 is 2. The van der Waals surface area contributed by atoms with Crippen LogP contribution in [0.5, 0.6) is 5.75 Å². The SMILES string of the molecule is CN=C(NCc1ccc(COC)cc1)NCc1ccc(C)cc1OCCCOC. The van der Waals surface area contributed by atoms with Gasteiger partial charge in [-0.3, -0.25) is 4.99 Å². The zero-order valence-electron chi connectivity index (χ0n) is 18.0. The van der Waals surface area contributed by atoms with Gasteiger partial charge in [-0.05, 0) is 29.7 Å². The fourth-order valence-electron chi connectivity index (χ4n) is 2.83. The first-order chi connectivity index (χ1) is 14.2. The summed E-state index contributed by atoms with van der Waals surface area (Å²) >= 11 is 0. The molecule has 0 fully saturated rings. The van der Waals surface area contributed by atoms with Gasteiger partial charge in [-0.2, -0.15) is 0 Å². The highest BCUT2D eigenvalue weighted by Crippen LogP contribution is 2.20. The molecule has 6 nitrogen and oxygen atoms in total. The van der Waals surface area contributed by atoms with Crippen molar-refractivity contribution in [3.8, 4) is 5.75 Å². The molecule has 2 aromatic rings. The molecule has 0 saturated heterocycles. The molecule has 0 aliphatic carbocycles. The summed E-state index contributed by atoms with van der Waals surface area (Å²) in [7, 11) is 5.18. The van der Waals surface area contributed by atoms with Crippen molar-refractivity contribution in [3.63, 3.8) is 0 Å². The van der Waals surface area contributed by atoms with Crippen molar-refractivity contribution in [2.24, 2.45) is 4.99 Å². The number of benzene rings is 2. The number of guanidine groups is 1. The van der Waals surface area contributed by atoms with Gasteiger partial charge in [-0.15, -0.1) is 0 Å². The Morgan fingerprint density at radius 3 is 2.31 bits per heavy atom. The number of ether oxygens (including phenoxy) is 3. The van der Waals surface area contributed by atoms with Crippen LogP contribution >= 0.6 is 0 Å². The number of aliphatic imine (C=N–C) groups is 1. The van der Waals surface area contributed by atoms with E-state index in [1.54, 1.807) is 21.3 Å². The molecular weight excluding hydrogens is 366 g/mol. The van der Waals surface area contributed by atoms with Gasteiger partial charge in [-0.1, -0.05) is 36.4 Å². The Hall–Kier alpha value is -2.57. The van der Waals surface area contributed by atoms with Gasteiger partial charge in [0.05, 0.1) is 13.2 Å². The van der Waals surface area contributed by atoms with Crippen LogP contribution in [0.25, 0.3) is 0 Å². The number of nitrogens with zero attached hydrogens (tertiary/aromatic N) is 1. The minimum Gasteiger partial charge on any atom is -0.493 e. The number of hydrogen-bond acceptors (Lipinski definition) is 4. The Balaban J connectivity index is 1.88. The minimum atomic E-state index is 0.628. The van der Waals surface area contributed by atoms with E-state index in [2.05, 4.69) is 65.0 Å². The molecule has 158 valence electrons. The summed E-state index contributed by atoms with van der Waals surface area (Å²) in [6.07, 6.45) is 0.865. The summed E-state index contributed by atoms with van der Waals surface area (Å²) in [5.41, 5.74) is 4.62. The highest BCUT2D eigenvalue weighted by Gasteiger charge is 2.06. The van der Waals surface area contributed by atoms with Crippen LogP contribution in [0, 0.1) is 6.92 Å². The lowest BCUT2D eigenvalue weighted by Gasteiger charge is -2.15. The zero-order valence-corrected chi connectivity index (χ0v) is 18.0. The highest BCUT2D eigenvalue weighted by molar-refractivity contribution is 5.79. The molecule has 0 spiro atoms. The standard InChI is InChI=1S/C23H33N3O3/c1-18-6-11-21(22(14-18)29-13-5-12-27-3)16-26-23(24-2)25-15-19-7-9-20(10-8-19)17-28-4/h6-11,14H,5,12-13,15-17H2,1-4H3,(H2,24,25,26). The lowest BCUT2D eigenvalue weighted by molar-refractivity contribution is 0.171. The van der Waals surface area contributed by atoms with Gasteiger partial charge in [0.2, 0.25) is 0 Å². The molecule has 0 aromatic heterocycles. The Bertz CT molecular complexity index is 760. The van der Waals surface area contributed by atoms with Crippen LogP contribution in [0.3, 0.4) is 0 Å². The average molecular weight is 400 g/mol. The van der Waals surface area contributed by atoms with Gasteiger partial charge in [0, 0.05) is 52.9 Å². The van der Waals surface area contributed by atoms with Gasteiger partial charge in [0.15, 0.2) is 5.96 Å². The Kier molecular flexibility index (Phi) is 10.0. The zero-order chi connectivity index (χ0) is 20.9. The van der Waals surface area contributed by atoms with Gasteiger partial charge in [-0.25, -0.2) is 0 Å². The summed E-state index contributed by atoms with van der Waals surface area (Å²) in [5.74, 6) is 1.65. The van der Waals surface area contributed by atoms with Crippen LogP contribution in [0.1, 0.15) is 28.7 Å². The van der Waals surface area contributed by atoms with Gasteiger partial charge in [0.25, 0.3) is 0 Å². The molecule has 0 aliphatic heterocycles. The molecule has 0 unspecified atom stereocenters. The summed E-state index contributed by atoms with van der Waals surface area (Å²) in [4.78, 5) is 4.32. The number of nitrogens with one attached hydrogen (secondary N) is 2. The van der Waals surface area contributed by atoms with E-state index in [0.717, 1.165) is 29.3 Å². The highest BCUT2D eigenvalue weighted by atomic mass is 16.5. The molecule has 0 radical (unpaired) electrons. The first-order valence-electron chi connectivity index (χ1n) is 9.88. The lowest BCUT2D eigenvalue weighted by atomic mass is 10.1. The second-order valence-electron chi connectivity index (χ2n) is 6.83. The first kappa shape index (κ1) is 22.7. The van der Waals surface area contributed by atoms with E-state index in [9.17, 15) is 0 Å². The molecule has 0 saturated carbocycles. The molecule has 0 bridgehead atoms. The van der Waals surface area contributed by atoms with Crippen molar-refractivity contribution in [2.45, 2.75) is 33.0 Å². The molecule has 0 atom stereocenters. The summed E-state index contributed by atoms with van der Waals surface area (Å²) in [6, 6.07) is 14.6. The van der Waals surface area contributed by atoms with E-state index in [1.807, 2.05) is 0 Å². The molecule has 6 heteroatoms. The topological polar surface area (TPSA) is 64.1 Å². The quantitative estimate of drug-likeness (QED) is 0.344. The Morgan fingerprint density at radius 1 is 0.897 bits per heavy atom. The van der Waals surface area contributed by atoms with Gasteiger partial charge < -0.3 is 24.8 Å². The maximum absolute atomic E-state index is 5.96. The molecule has 2 aromatic carbocycles. The van der Waals surface area contributed by atoms with Crippen molar-refractivity contribution >= 4 is 5.96 Å². The smallest absolute Gasteiger partial charge is 0.191 e.